The van der Waals surface area contributed by atoms with Crippen molar-refractivity contribution in [2.75, 3.05) is 0 Å². The fourth-order valence-corrected chi connectivity index (χ4v) is 1.82. The summed E-state index contributed by atoms with van der Waals surface area (Å²) in [6, 6.07) is 6.35. The number of amides is 1. The molecule has 2 aromatic heterocycles. The molecule has 1 amide bonds. The van der Waals surface area contributed by atoms with Gasteiger partial charge >= 0.3 is 0 Å². The number of halogens is 1. The van der Waals surface area contributed by atoms with Crippen LogP contribution in [0.5, 0.6) is 11.6 Å². The normalized spacial score (nSPS) is 10.7. The van der Waals surface area contributed by atoms with Gasteiger partial charge in [-0.2, -0.15) is 15.1 Å². The molecule has 0 spiro atoms. The van der Waals surface area contributed by atoms with Crippen LogP contribution < -0.4 is 10.5 Å². The van der Waals surface area contributed by atoms with E-state index in [1.807, 2.05) is 0 Å². The van der Waals surface area contributed by atoms with Gasteiger partial charge in [-0.15, -0.1) is 0 Å². The molecule has 7 nitrogen and oxygen atoms in total. The molecular formula is C12H8ClN5O2. The topological polar surface area (TPSA) is 107 Å². The molecular weight excluding hydrogens is 282 g/mol. The lowest BCUT2D eigenvalue weighted by Crippen LogP contribution is -2.10. The molecule has 20 heavy (non-hydrogen) atoms. The first-order chi connectivity index (χ1) is 9.63. The second kappa shape index (κ2) is 4.78. The van der Waals surface area contributed by atoms with Gasteiger partial charge < -0.3 is 10.5 Å². The van der Waals surface area contributed by atoms with Gasteiger partial charge in [0.15, 0.2) is 5.65 Å². The van der Waals surface area contributed by atoms with Crippen LogP contribution in [0.3, 0.4) is 0 Å². The summed E-state index contributed by atoms with van der Waals surface area (Å²) in [6.07, 6.45) is 1.54. The lowest BCUT2D eigenvalue weighted by Gasteiger charge is -2.06. The van der Waals surface area contributed by atoms with Gasteiger partial charge in [0.25, 0.3) is 0 Å². The minimum absolute atomic E-state index is 0.0468. The fraction of sp³-hybridized carbons (Fsp3) is 0. The maximum absolute atomic E-state index is 11.0. The Balaban J connectivity index is 1.96. The number of carbonyl (C=O) groups is 1. The molecule has 0 saturated heterocycles. The van der Waals surface area contributed by atoms with Crippen molar-refractivity contribution in [3.8, 4) is 11.6 Å². The molecule has 0 aliphatic heterocycles. The zero-order valence-electron chi connectivity index (χ0n) is 10.0. The third-order valence-electron chi connectivity index (χ3n) is 2.60. The summed E-state index contributed by atoms with van der Waals surface area (Å²) in [6.45, 7) is 0. The van der Waals surface area contributed by atoms with E-state index in [9.17, 15) is 4.79 Å². The first-order valence-electron chi connectivity index (χ1n) is 5.58. The fourth-order valence-electron chi connectivity index (χ4n) is 1.66. The molecule has 100 valence electrons. The molecule has 0 unspecified atom stereocenters. The van der Waals surface area contributed by atoms with Crippen LogP contribution in [-0.4, -0.2) is 26.1 Å². The zero-order valence-corrected chi connectivity index (χ0v) is 10.8. The molecule has 0 atom stereocenters. The lowest BCUT2D eigenvalue weighted by molar-refractivity contribution is 0.100. The predicted octanol–water partition coefficient (Wildman–Crippen LogP) is 1.90. The smallest absolute Gasteiger partial charge is 0.248 e. The number of H-pyrrole nitrogens is 1. The number of aromatic amines is 1. The number of ether oxygens (including phenoxy) is 1. The summed E-state index contributed by atoms with van der Waals surface area (Å²) in [4.78, 5) is 19.0. The third kappa shape index (κ3) is 2.26. The molecule has 2 heterocycles. The average Bonchev–Trinajstić information content (AvgIpc) is 2.87. The Bertz CT molecular complexity index is 784. The summed E-state index contributed by atoms with van der Waals surface area (Å²) < 4.78 is 5.62. The molecule has 0 radical (unpaired) electrons. The Hall–Kier alpha value is -2.67. The highest BCUT2D eigenvalue weighted by molar-refractivity contribution is 6.28. The highest BCUT2D eigenvalue weighted by atomic mass is 35.5. The highest BCUT2D eigenvalue weighted by Crippen LogP contribution is 2.27. The van der Waals surface area contributed by atoms with Crippen molar-refractivity contribution >= 4 is 28.5 Å². The van der Waals surface area contributed by atoms with Crippen molar-refractivity contribution in [2.24, 2.45) is 5.73 Å². The van der Waals surface area contributed by atoms with Crippen molar-refractivity contribution in [2.45, 2.75) is 0 Å². The number of nitrogens with one attached hydrogen (secondary N) is 1. The Labute approximate surface area is 117 Å². The van der Waals surface area contributed by atoms with Gasteiger partial charge in [0.05, 0.1) is 6.20 Å². The maximum Gasteiger partial charge on any atom is 0.248 e. The van der Waals surface area contributed by atoms with E-state index in [0.717, 1.165) is 0 Å². The molecule has 3 N–H and O–H groups in total. The number of hydrogen-bond donors (Lipinski definition) is 2. The Kier molecular flexibility index (Phi) is 2.96. The predicted molar refractivity (Wildman–Crippen MR) is 71.7 cm³/mol. The van der Waals surface area contributed by atoms with Gasteiger partial charge in [0, 0.05) is 5.56 Å². The van der Waals surface area contributed by atoms with Gasteiger partial charge in [0.2, 0.25) is 17.1 Å². The quantitative estimate of drug-likeness (QED) is 0.716. The molecule has 0 saturated carbocycles. The monoisotopic (exact) mass is 289 g/mol. The van der Waals surface area contributed by atoms with Gasteiger partial charge in [-0.05, 0) is 35.9 Å². The SMILES string of the molecule is NC(=O)c1ccc(Oc2nc(Cl)nc3[nH]ncc23)cc1. The number of rotatable bonds is 3. The van der Waals surface area contributed by atoms with Crippen LogP contribution in [0.25, 0.3) is 11.0 Å². The van der Waals surface area contributed by atoms with Crippen molar-refractivity contribution in [1.29, 1.82) is 0 Å². The van der Waals surface area contributed by atoms with Crippen molar-refractivity contribution < 1.29 is 9.53 Å². The average molecular weight is 290 g/mol. The van der Waals surface area contributed by atoms with Gasteiger partial charge in [-0.25, -0.2) is 0 Å². The summed E-state index contributed by atoms with van der Waals surface area (Å²) in [7, 11) is 0. The molecule has 1 aromatic carbocycles. The van der Waals surface area contributed by atoms with Crippen LogP contribution in [0.15, 0.2) is 30.5 Å². The minimum atomic E-state index is -0.501. The van der Waals surface area contributed by atoms with Crippen LogP contribution >= 0.6 is 11.6 Å². The standard InChI is InChI=1S/C12H8ClN5O2/c13-12-16-10-8(5-15-18-10)11(17-12)20-7-3-1-6(2-4-7)9(14)19/h1-5H,(H2,14,19)(H,15,16,17,18). The van der Waals surface area contributed by atoms with E-state index in [4.69, 9.17) is 22.1 Å². The molecule has 8 heteroatoms. The van der Waals surface area contributed by atoms with E-state index in [2.05, 4.69) is 20.2 Å². The summed E-state index contributed by atoms with van der Waals surface area (Å²) >= 11 is 5.80. The number of aromatic nitrogens is 4. The Morgan fingerprint density at radius 3 is 2.70 bits per heavy atom. The Morgan fingerprint density at radius 1 is 1.25 bits per heavy atom. The van der Waals surface area contributed by atoms with E-state index < -0.39 is 5.91 Å². The molecule has 0 aliphatic rings. The van der Waals surface area contributed by atoms with Crippen molar-refractivity contribution in [3.05, 3.63) is 41.3 Å². The van der Waals surface area contributed by atoms with Gasteiger partial charge in [0.1, 0.15) is 11.1 Å². The first-order valence-corrected chi connectivity index (χ1v) is 5.95. The van der Waals surface area contributed by atoms with E-state index in [-0.39, 0.29) is 11.2 Å². The molecule has 0 fully saturated rings. The number of nitrogens with zero attached hydrogens (tertiary/aromatic N) is 3. The first kappa shape index (κ1) is 12.4. The van der Waals surface area contributed by atoms with E-state index >= 15 is 0 Å². The van der Waals surface area contributed by atoms with Gasteiger partial charge in [-0.3, -0.25) is 9.89 Å². The number of hydrogen-bond acceptors (Lipinski definition) is 5. The van der Waals surface area contributed by atoms with Crippen LogP contribution in [0.2, 0.25) is 5.28 Å². The van der Waals surface area contributed by atoms with Crippen LogP contribution in [-0.2, 0) is 0 Å². The molecule has 0 aliphatic carbocycles. The second-order valence-electron chi connectivity index (χ2n) is 3.92. The number of benzene rings is 1. The molecule has 3 aromatic rings. The lowest BCUT2D eigenvalue weighted by atomic mass is 10.2. The number of fused-ring (bicyclic) bond motifs is 1. The van der Waals surface area contributed by atoms with E-state index in [0.29, 0.717) is 22.3 Å². The number of nitrogens with two attached hydrogens (primary N) is 1. The Morgan fingerprint density at radius 2 is 2.00 bits per heavy atom. The summed E-state index contributed by atoms with van der Waals surface area (Å²) in [5.74, 6) is 0.270. The van der Waals surface area contributed by atoms with E-state index in [1.54, 1.807) is 30.5 Å². The largest absolute Gasteiger partial charge is 0.438 e. The second-order valence-corrected chi connectivity index (χ2v) is 4.26. The molecule has 0 bridgehead atoms. The number of carbonyl (C=O) groups excluding carboxylic acids is 1. The maximum atomic E-state index is 11.0. The van der Waals surface area contributed by atoms with Gasteiger partial charge in [-0.1, -0.05) is 0 Å². The zero-order chi connectivity index (χ0) is 14.1. The van der Waals surface area contributed by atoms with E-state index in [1.165, 1.54) is 0 Å². The summed E-state index contributed by atoms with van der Waals surface area (Å²) in [5.41, 5.74) is 6.04. The van der Waals surface area contributed by atoms with Crippen LogP contribution in [0.1, 0.15) is 10.4 Å². The van der Waals surface area contributed by atoms with Crippen molar-refractivity contribution in [3.63, 3.8) is 0 Å². The summed E-state index contributed by atoms with van der Waals surface area (Å²) in [5, 5.41) is 7.19. The highest BCUT2D eigenvalue weighted by Gasteiger charge is 2.11. The van der Waals surface area contributed by atoms with Crippen LogP contribution in [0.4, 0.5) is 0 Å². The van der Waals surface area contributed by atoms with Crippen LogP contribution in [0, 0.1) is 0 Å². The number of primary amides is 1. The van der Waals surface area contributed by atoms with Crippen molar-refractivity contribution in [1.82, 2.24) is 20.2 Å². The minimum Gasteiger partial charge on any atom is -0.438 e. The molecule has 3 rings (SSSR count). The third-order valence-corrected chi connectivity index (χ3v) is 2.77.